The van der Waals surface area contributed by atoms with E-state index in [1.807, 2.05) is 13.8 Å². The predicted octanol–water partition coefficient (Wildman–Crippen LogP) is 1.95. The fourth-order valence-corrected chi connectivity index (χ4v) is 4.60. The zero-order chi connectivity index (χ0) is 22.7. The van der Waals surface area contributed by atoms with Gasteiger partial charge in [-0.1, -0.05) is 13.8 Å². The van der Waals surface area contributed by atoms with Crippen molar-refractivity contribution in [3.05, 3.63) is 23.3 Å². The molecule has 9 heteroatoms. The maximum Gasteiger partial charge on any atom is 0.284 e. The number of rotatable bonds is 4. The lowest BCUT2D eigenvalue weighted by Gasteiger charge is -2.42. The molecule has 1 saturated heterocycles. The lowest BCUT2D eigenvalue weighted by Crippen LogP contribution is -2.53. The number of primary amides is 1. The number of nitrogens with one attached hydrogen (secondary N) is 2. The zero-order valence-corrected chi connectivity index (χ0v) is 18.2. The van der Waals surface area contributed by atoms with Crippen molar-refractivity contribution in [2.75, 3.05) is 26.3 Å². The summed E-state index contributed by atoms with van der Waals surface area (Å²) < 4.78 is 5.44. The van der Waals surface area contributed by atoms with E-state index in [4.69, 9.17) is 21.3 Å². The Balaban J connectivity index is 1.83. The van der Waals surface area contributed by atoms with Gasteiger partial charge in [0.15, 0.2) is 5.84 Å². The minimum Gasteiger partial charge on any atom is -0.508 e. The van der Waals surface area contributed by atoms with E-state index in [1.54, 1.807) is 6.07 Å². The number of nitrogens with zero attached hydrogens (tertiary/aromatic N) is 2. The SMILES string of the molecule is CC(C)c1cc(C(=N)N(C(=N)C(N)=O)C2CCC(N3CCOCC3)CC2)c(O)cc1O. The van der Waals surface area contributed by atoms with Crippen molar-refractivity contribution in [2.45, 2.75) is 57.5 Å². The zero-order valence-electron chi connectivity index (χ0n) is 18.2. The van der Waals surface area contributed by atoms with Crippen LogP contribution < -0.4 is 5.73 Å². The number of hydrogen-bond donors (Lipinski definition) is 5. The van der Waals surface area contributed by atoms with Gasteiger partial charge in [0.05, 0.1) is 18.8 Å². The molecule has 1 amide bonds. The van der Waals surface area contributed by atoms with Gasteiger partial charge in [0.25, 0.3) is 5.91 Å². The molecule has 3 rings (SSSR count). The Hall–Kier alpha value is -2.65. The van der Waals surface area contributed by atoms with Gasteiger partial charge < -0.3 is 25.6 Å². The molecule has 9 nitrogen and oxygen atoms in total. The average Bonchev–Trinajstić information content (AvgIpc) is 2.74. The summed E-state index contributed by atoms with van der Waals surface area (Å²) in [5.74, 6) is -1.87. The number of carbonyl (C=O) groups is 1. The summed E-state index contributed by atoms with van der Waals surface area (Å²) in [6.07, 6.45) is 3.18. The van der Waals surface area contributed by atoms with E-state index in [1.165, 1.54) is 11.0 Å². The van der Waals surface area contributed by atoms with Crippen LogP contribution in [0.15, 0.2) is 12.1 Å². The van der Waals surface area contributed by atoms with E-state index in [-0.39, 0.29) is 34.9 Å². The van der Waals surface area contributed by atoms with Crippen molar-refractivity contribution in [3.8, 4) is 11.5 Å². The fourth-order valence-electron chi connectivity index (χ4n) is 4.60. The first kappa shape index (κ1) is 23.0. The van der Waals surface area contributed by atoms with E-state index in [0.29, 0.717) is 24.4 Å². The molecule has 170 valence electrons. The summed E-state index contributed by atoms with van der Waals surface area (Å²) in [5, 5.41) is 37.6. The Morgan fingerprint density at radius 1 is 1.13 bits per heavy atom. The molecule has 1 aliphatic heterocycles. The van der Waals surface area contributed by atoms with Crippen LogP contribution in [0.2, 0.25) is 0 Å². The molecule has 1 heterocycles. The van der Waals surface area contributed by atoms with Crippen LogP contribution in [-0.4, -0.2) is 76.0 Å². The minimum absolute atomic E-state index is 0.0276. The van der Waals surface area contributed by atoms with Crippen LogP contribution in [0, 0.1) is 10.8 Å². The van der Waals surface area contributed by atoms with Crippen LogP contribution in [-0.2, 0) is 9.53 Å². The first-order valence-electron chi connectivity index (χ1n) is 10.8. The molecule has 31 heavy (non-hydrogen) atoms. The molecule has 2 fully saturated rings. The number of benzene rings is 1. The molecule has 0 radical (unpaired) electrons. The third-order valence-corrected chi connectivity index (χ3v) is 6.33. The molecule has 0 unspecified atom stereocenters. The summed E-state index contributed by atoms with van der Waals surface area (Å²) in [6.45, 7) is 7.09. The third-order valence-electron chi connectivity index (χ3n) is 6.33. The van der Waals surface area contributed by atoms with E-state index in [2.05, 4.69) is 4.90 Å². The van der Waals surface area contributed by atoms with Crippen LogP contribution in [0.3, 0.4) is 0 Å². The Bertz CT molecular complexity index is 843. The Morgan fingerprint density at radius 2 is 1.74 bits per heavy atom. The molecule has 1 aromatic carbocycles. The quantitative estimate of drug-likeness (QED) is 0.364. The molecule has 6 N–H and O–H groups in total. The number of amidine groups is 2. The highest BCUT2D eigenvalue weighted by Gasteiger charge is 2.35. The summed E-state index contributed by atoms with van der Waals surface area (Å²) in [7, 11) is 0. The summed E-state index contributed by atoms with van der Waals surface area (Å²) in [6, 6.07) is 2.95. The van der Waals surface area contributed by atoms with E-state index >= 15 is 0 Å². The maximum absolute atomic E-state index is 11.9. The van der Waals surface area contributed by atoms with Crippen molar-refractivity contribution < 1.29 is 19.7 Å². The second-order valence-corrected chi connectivity index (χ2v) is 8.63. The van der Waals surface area contributed by atoms with Gasteiger partial charge in [-0.2, -0.15) is 0 Å². The monoisotopic (exact) mass is 431 g/mol. The number of amides is 1. The number of morpholine rings is 1. The number of nitrogens with two attached hydrogens (primary N) is 1. The maximum atomic E-state index is 11.9. The van der Waals surface area contributed by atoms with Crippen molar-refractivity contribution in [1.82, 2.24) is 9.80 Å². The Labute approximate surface area is 182 Å². The van der Waals surface area contributed by atoms with Gasteiger partial charge in [-0.3, -0.25) is 20.5 Å². The minimum atomic E-state index is -0.914. The smallest absolute Gasteiger partial charge is 0.284 e. The predicted molar refractivity (Wildman–Crippen MR) is 118 cm³/mol. The number of phenols is 2. The van der Waals surface area contributed by atoms with Crippen LogP contribution >= 0.6 is 0 Å². The molecule has 2 aliphatic rings. The first-order chi connectivity index (χ1) is 14.7. The summed E-state index contributed by atoms with van der Waals surface area (Å²) in [4.78, 5) is 15.6. The van der Waals surface area contributed by atoms with E-state index in [0.717, 1.165) is 39.1 Å². The van der Waals surface area contributed by atoms with Gasteiger partial charge in [-0.15, -0.1) is 0 Å². The Kier molecular flexibility index (Phi) is 7.17. The van der Waals surface area contributed by atoms with Gasteiger partial charge in [0, 0.05) is 31.2 Å². The van der Waals surface area contributed by atoms with Crippen LogP contribution in [0.4, 0.5) is 0 Å². The van der Waals surface area contributed by atoms with Crippen molar-refractivity contribution in [1.29, 1.82) is 10.8 Å². The number of hydrogen-bond acceptors (Lipinski definition) is 7. The third kappa shape index (κ3) is 4.99. The average molecular weight is 432 g/mol. The number of aromatic hydroxyl groups is 2. The van der Waals surface area contributed by atoms with E-state index in [9.17, 15) is 15.0 Å². The molecule has 1 aliphatic carbocycles. The van der Waals surface area contributed by atoms with Crippen molar-refractivity contribution >= 4 is 17.6 Å². The topological polar surface area (TPSA) is 147 Å². The number of carbonyl (C=O) groups excluding carboxylic acids is 1. The van der Waals surface area contributed by atoms with Gasteiger partial charge in [0.1, 0.15) is 17.3 Å². The first-order valence-corrected chi connectivity index (χ1v) is 10.8. The fraction of sp³-hybridized carbons (Fsp3) is 0.591. The van der Waals surface area contributed by atoms with E-state index < -0.39 is 11.7 Å². The lowest BCUT2D eigenvalue weighted by atomic mass is 9.88. The molecular weight excluding hydrogens is 398 g/mol. The standard InChI is InChI=1S/C22H33N5O4/c1-13(2)16-11-17(19(29)12-18(16)28)20(23)27(21(24)22(25)30)15-5-3-14(4-6-15)26-7-9-31-10-8-26/h11-15,23-24,28-29H,3-10H2,1-2H3,(H2,25,30). The normalized spacial score (nSPS) is 22.3. The molecule has 0 aromatic heterocycles. The summed E-state index contributed by atoms with van der Waals surface area (Å²) >= 11 is 0. The molecule has 0 atom stereocenters. The molecule has 1 saturated carbocycles. The Morgan fingerprint density at radius 3 is 2.29 bits per heavy atom. The van der Waals surface area contributed by atoms with Crippen LogP contribution in [0.25, 0.3) is 0 Å². The van der Waals surface area contributed by atoms with Crippen molar-refractivity contribution in [3.63, 3.8) is 0 Å². The van der Waals surface area contributed by atoms with Crippen molar-refractivity contribution in [2.24, 2.45) is 5.73 Å². The van der Waals surface area contributed by atoms with Gasteiger partial charge in [-0.05, 0) is 43.2 Å². The number of phenolic OH excluding ortho intramolecular Hbond substituents is 2. The second kappa shape index (κ2) is 9.65. The summed E-state index contributed by atoms with van der Waals surface area (Å²) in [5.41, 5.74) is 6.17. The highest BCUT2D eigenvalue weighted by atomic mass is 16.5. The van der Waals surface area contributed by atoms with Crippen LogP contribution in [0.1, 0.15) is 56.6 Å². The molecular formula is C22H33N5O4. The lowest BCUT2D eigenvalue weighted by molar-refractivity contribution is -0.112. The van der Waals surface area contributed by atoms with Gasteiger partial charge in [0.2, 0.25) is 0 Å². The molecule has 0 bridgehead atoms. The largest absolute Gasteiger partial charge is 0.508 e. The highest BCUT2D eigenvalue weighted by Crippen LogP contribution is 2.34. The number of ether oxygens (including phenoxy) is 1. The van der Waals surface area contributed by atoms with Gasteiger partial charge >= 0.3 is 0 Å². The second-order valence-electron chi connectivity index (χ2n) is 8.63. The molecule has 0 spiro atoms. The van der Waals surface area contributed by atoms with Crippen LogP contribution in [0.5, 0.6) is 11.5 Å². The van der Waals surface area contributed by atoms with Gasteiger partial charge in [-0.25, -0.2) is 0 Å². The molecule has 1 aromatic rings. The highest BCUT2D eigenvalue weighted by molar-refractivity contribution is 6.39.